The highest BCUT2D eigenvalue weighted by atomic mass is 16.2. The highest BCUT2D eigenvalue weighted by molar-refractivity contribution is 5.78. The molecule has 1 saturated carbocycles. The van der Waals surface area contributed by atoms with Crippen LogP contribution in [-0.4, -0.2) is 17.5 Å². The Hall–Kier alpha value is -0.370. The number of aliphatic hydroxyl groups excluding tert-OH is 1. The maximum Gasteiger partial charge on any atom is 0.132 e. The van der Waals surface area contributed by atoms with Crippen molar-refractivity contribution in [2.24, 2.45) is 0 Å². The van der Waals surface area contributed by atoms with E-state index in [-0.39, 0.29) is 0 Å². The number of ketones is 1. The van der Waals surface area contributed by atoms with E-state index in [1.54, 1.807) is 0 Å². The second-order valence-corrected chi connectivity index (χ2v) is 2.82. The largest absolute Gasteiger partial charge is 0.396 e. The molecule has 66 valence electrons. The van der Waals surface area contributed by atoms with Gasteiger partial charge in [0.25, 0.3) is 0 Å². The third-order valence-corrected chi connectivity index (χ3v) is 1.63. The molecule has 1 N–H and O–H groups in total. The zero-order valence-corrected chi connectivity index (χ0v) is 7.31. The van der Waals surface area contributed by atoms with Crippen LogP contribution in [0.4, 0.5) is 0 Å². The van der Waals surface area contributed by atoms with Gasteiger partial charge < -0.3 is 5.11 Å². The van der Waals surface area contributed by atoms with E-state index in [4.69, 9.17) is 5.11 Å². The van der Waals surface area contributed by atoms with Crippen LogP contribution in [0.5, 0.6) is 0 Å². The maximum atomic E-state index is 10.5. The van der Waals surface area contributed by atoms with E-state index < -0.39 is 0 Å². The first-order valence-electron chi connectivity index (χ1n) is 4.43. The van der Waals surface area contributed by atoms with Crippen LogP contribution in [-0.2, 0) is 4.79 Å². The molecule has 0 spiro atoms. The Labute approximate surface area is 68.6 Å². The Morgan fingerprint density at radius 1 is 1.27 bits per heavy atom. The minimum atomic E-state index is 0.319. The molecule has 0 aromatic carbocycles. The molecular formula is C9H18O2. The van der Waals surface area contributed by atoms with Crippen LogP contribution in [0.2, 0.25) is 0 Å². The van der Waals surface area contributed by atoms with Gasteiger partial charge >= 0.3 is 0 Å². The van der Waals surface area contributed by atoms with Crippen molar-refractivity contribution >= 4 is 5.78 Å². The summed E-state index contributed by atoms with van der Waals surface area (Å²) in [6, 6.07) is 0. The van der Waals surface area contributed by atoms with Crippen LogP contribution in [0.15, 0.2) is 0 Å². The first kappa shape index (κ1) is 10.6. The molecule has 1 aliphatic carbocycles. The molecule has 2 nitrogen and oxygen atoms in total. The summed E-state index contributed by atoms with van der Waals surface area (Å²) in [5.41, 5.74) is 0. The van der Waals surface area contributed by atoms with Gasteiger partial charge in [-0.2, -0.15) is 0 Å². The standard InChI is InChI=1S/C6H10O.C3H8O/c7-6-4-2-1-3-5-6;1-2-3-4/h1-5H2;4H,2-3H2,1H3. The number of hydrogen-bond donors (Lipinski definition) is 1. The van der Waals surface area contributed by atoms with Crippen molar-refractivity contribution in [3.05, 3.63) is 0 Å². The van der Waals surface area contributed by atoms with E-state index in [1.165, 1.54) is 6.42 Å². The van der Waals surface area contributed by atoms with Crippen LogP contribution in [0.3, 0.4) is 0 Å². The molecular weight excluding hydrogens is 140 g/mol. The zero-order chi connectivity index (χ0) is 8.53. The van der Waals surface area contributed by atoms with Gasteiger partial charge in [0.1, 0.15) is 5.78 Å². The molecule has 1 rings (SSSR count). The minimum absolute atomic E-state index is 0.319. The van der Waals surface area contributed by atoms with E-state index in [9.17, 15) is 4.79 Å². The molecule has 0 unspecified atom stereocenters. The molecule has 1 fully saturated rings. The lowest BCUT2D eigenvalue weighted by molar-refractivity contribution is -0.120. The minimum Gasteiger partial charge on any atom is -0.396 e. The molecule has 0 saturated heterocycles. The third-order valence-electron chi connectivity index (χ3n) is 1.63. The molecule has 11 heavy (non-hydrogen) atoms. The fourth-order valence-electron chi connectivity index (χ4n) is 0.946. The topological polar surface area (TPSA) is 37.3 Å². The van der Waals surface area contributed by atoms with Crippen molar-refractivity contribution in [1.29, 1.82) is 0 Å². The van der Waals surface area contributed by atoms with E-state index in [0.717, 1.165) is 32.1 Å². The van der Waals surface area contributed by atoms with Crippen molar-refractivity contribution in [3.63, 3.8) is 0 Å². The quantitative estimate of drug-likeness (QED) is 0.633. The number of carbonyl (C=O) groups excluding carboxylic acids is 1. The molecule has 0 heterocycles. The molecule has 0 aliphatic heterocycles. The van der Waals surface area contributed by atoms with Crippen LogP contribution in [0.25, 0.3) is 0 Å². The van der Waals surface area contributed by atoms with Crippen LogP contribution in [0, 0.1) is 0 Å². The smallest absolute Gasteiger partial charge is 0.132 e. The van der Waals surface area contributed by atoms with Gasteiger partial charge in [-0.25, -0.2) is 0 Å². The average Bonchev–Trinajstić information content (AvgIpc) is 2.07. The van der Waals surface area contributed by atoms with Gasteiger partial charge in [0, 0.05) is 19.4 Å². The Kier molecular flexibility index (Phi) is 7.47. The summed E-state index contributed by atoms with van der Waals surface area (Å²) in [6.07, 6.45) is 6.11. The van der Waals surface area contributed by atoms with Gasteiger partial charge in [0.05, 0.1) is 0 Å². The lowest BCUT2D eigenvalue weighted by Crippen LogP contribution is -2.02. The summed E-state index contributed by atoms with van der Waals surface area (Å²) >= 11 is 0. The molecule has 0 radical (unpaired) electrons. The first-order chi connectivity index (χ1) is 5.31. The summed E-state index contributed by atoms with van der Waals surface area (Å²) in [5.74, 6) is 0.464. The van der Waals surface area contributed by atoms with Gasteiger partial charge in [-0.15, -0.1) is 0 Å². The van der Waals surface area contributed by atoms with Gasteiger partial charge in [-0.3, -0.25) is 4.79 Å². The Bertz CT molecular complexity index is 89.7. The molecule has 1 aliphatic rings. The number of Topliss-reactive ketones (excluding diaryl/α,β-unsaturated/α-hetero) is 1. The van der Waals surface area contributed by atoms with Gasteiger partial charge in [-0.1, -0.05) is 13.3 Å². The SMILES string of the molecule is CCCO.O=C1CCCCC1. The highest BCUT2D eigenvalue weighted by Gasteiger charge is 2.05. The van der Waals surface area contributed by atoms with Gasteiger partial charge in [-0.05, 0) is 19.3 Å². The van der Waals surface area contributed by atoms with Crippen LogP contribution < -0.4 is 0 Å². The van der Waals surface area contributed by atoms with E-state index in [0.29, 0.717) is 12.4 Å². The Balaban J connectivity index is 0.000000218. The van der Waals surface area contributed by atoms with E-state index in [2.05, 4.69) is 0 Å². The Morgan fingerprint density at radius 3 is 1.91 bits per heavy atom. The van der Waals surface area contributed by atoms with Crippen molar-refractivity contribution < 1.29 is 9.90 Å². The summed E-state index contributed by atoms with van der Waals surface area (Å²) in [6.45, 7) is 2.25. The third kappa shape index (κ3) is 7.53. The lowest BCUT2D eigenvalue weighted by atomic mass is 10.00. The van der Waals surface area contributed by atoms with Crippen molar-refractivity contribution in [2.45, 2.75) is 45.4 Å². The summed E-state index contributed by atoms with van der Waals surface area (Å²) < 4.78 is 0. The fraction of sp³-hybridized carbons (Fsp3) is 0.889. The normalized spacial score (nSPS) is 17.1. The predicted octanol–water partition coefficient (Wildman–Crippen LogP) is 1.91. The number of carbonyl (C=O) groups is 1. The fourth-order valence-corrected chi connectivity index (χ4v) is 0.946. The second-order valence-electron chi connectivity index (χ2n) is 2.82. The van der Waals surface area contributed by atoms with Crippen LogP contribution >= 0.6 is 0 Å². The van der Waals surface area contributed by atoms with Gasteiger partial charge in [0.15, 0.2) is 0 Å². The van der Waals surface area contributed by atoms with Crippen molar-refractivity contribution in [1.82, 2.24) is 0 Å². The monoisotopic (exact) mass is 158 g/mol. The molecule has 2 heteroatoms. The molecule has 0 aromatic rings. The van der Waals surface area contributed by atoms with E-state index in [1.807, 2.05) is 6.92 Å². The highest BCUT2D eigenvalue weighted by Crippen LogP contribution is 2.12. The molecule has 0 amide bonds. The molecule has 0 aromatic heterocycles. The number of rotatable bonds is 1. The summed E-state index contributed by atoms with van der Waals surface area (Å²) in [7, 11) is 0. The molecule has 0 atom stereocenters. The van der Waals surface area contributed by atoms with Crippen molar-refractivity contribution in [3.8, 4) is 0 Å². The number of aliphatic hydroxyl groups is 1. The predicted molar refractivity (Wildman–Crippen MR) is 45.5 cm³/mol. The zero-order valence-electron chi connectivity index (χ0n) is 7.31. The van der Waals surface area contributed by atoms with Crippen molar-refractivity contribution in [2.75, 3.05) is 6.61 Å². The molecule has 0 bridgehead atoms. The van der Waals surface area contributed by atoms with Crippen LogP contribution in [0.1, 0.15) is 45.4 Å². The average molecular weight is 158 g/mol. The Morgan fingerprint density at radius 2 is 1.73 bits per heavy atom. The first-order valence-corrected chi connectivity index (χ1v) is 4.43. The lowest BCUT2D eigenvalue weighted by Gasteiger charge is -2.05. The summed E-state index contributed by atoms with van der Waals surface area (Å²) in [4.78, 5) is 10.5. The number of hydrogen-bond acceptors (Lipinski definition) is 2. The second kappa shape index (κ2) is 7.73. The van der Waals surface area contributed by atoms with Gasteiger partial charge in [0.2, 0.25) is 0 Å². The van der Waals surface area contributed by atoms with E-state index >= 15 is 0 Å². The maximum absolute atomic E-state index is 10.5. The summed E-state index contributed by atoms with van der Waals surface area (Å²) in [5, 5.41) is 7.88.